The summed E-state index contributed by atoms with van der Waals surface area (Å²) in [5.41, 5.74) is 2.22. The van der Waals surface area contributed by atoms with Crippen LogP contribution in [0.3, 0.4) is 0 Å². The van der Waals surface area contributed by atoms with Gasteiger partial charge in [-0.25, -0.2) is 0 Å². The van der Waals surface area contributed by atoms with Gasteiger partial charge in [0.25, 0.3) is 5.91 Å². The Morgan fingerprint density at radius 2 is 2.06 bits per heavy atom. The third-order valence-corrected chi connectivity index (χ3v) is 3.37. The Morgan fingerprint density at radius 3 is 2.61 bits per heavy atom. The van der Waals surface area contributed by atoms with E-state index in [-0.39, 0.29) is 11.9 Å². The van der Waals surface area contributed by atoms with E-state index in [0.29, 0.717) is 11.1 Å². The van der Waals surface area contributed by atoms with Crippen LogP contribution in [0.2, 0.25) is 0 Å². The van der Waals surface area contributed by atoms with Gasteiger partial charge in [0.15, 0.2) is 0 Å². The average molecular weight is 256 g/mol. The minimum absolute atomic E-state index is 0.0145. The SMILES string of the molecule is CC(NC(=O)c1ccc(C#N)cc1)c1ccsc1. The number of thiophene rings is 1. The van der Waals surface area contributed by atoms with E-state index in [1.807, 2.05) is 29.8 Å². The number of amides is 1. The number of hydrogen-bond donors (Lipinski definition) is 1. The first-order chi connectivity index (χ1) is 8.70. The van der Waals surface area contributed by atoms with Gasteiger partial charge in [-0.3, -0.25) is 4.79 Å². The molecule has 1 atom stereocenters. The van der Waals surface area contributed by atoms with E-state index in [0.717, 1.165) is 5.56 Å². The summed E-state index contributed by atoms with van der Waals surface area (Å²) in [5.74, 6) is -0.127. The van der Waals surface area contributed by atoms with Crippen molar-refractivity contribution < 1.29 is 4.79 Å². The molecule has 0 saturated heterocycles. The van der Waals surface area contributed by atoms with Crippen LogP contribution in [-0.2, 0) is 0 Å². The van der Waals surface area contributed by atoms with Gasteiger partial charge in [0.2, 0.25) is 0 Å². The summed E-state index contributed by atoms with van der Waals surface area (Å²) in [7, 11) is 0. The highest BCUT2D eigenvalue weighted by molar-refractivity contribution is 7.07. The molecule has 1 aromatic carbocycles. The molecule has 4 heteroatoms. The Labute approximate surface area is 110 Å². The van der Waals surface area contributed by atoms with E-state index in [4.69, 9.17) is 5.26 Å². The van der Waals surface area contributed by atoms with Crippen molar-refractivity contribution in [1.82, 2.24) is 5.32 Å². The van der Waals surface area contributed by atoms with Gasteiger partial charge in [-0.05, 0) is 53.6 Å². The summed E-state index contributed by atoms with van der Waals surface area (Å²) >= 11 is 1.61. The van der Waals surface area contributed by atoms with E-state index < -0.39 is 0 Å². The normalized spacial score (nSPS) is 11.6. The molecule has 2 rings (SSSR count). The summed E-state index contributed by atoms with van der Waals surface area (Å²) in [4.78, 5) is 12.0. The number of rotatable bonds is 3. The lowest BCUT2D eigenvalue weighted by atomic mass is 10.1. The van der Waals surface area contributed by atoms with Gasteiger partial charge in [-0.1, -0.05) is 0 Å². The van der Waals surface area contributed by atoms with Crippen LogP contribution >= 0.6 is 11.3 Å². The molecule has 1 heterocycles. The van der Waals surface area contributed by atoms with Crippen molar-refractivity contribution in [3.8, 4) is 6.07 Å². The van der Waals surface area contributed by atoms with Crippen LogP contribution in [0.4, 0.5) is 0 Å². The lowest BCUT2D eigenvalue weighted by molar-refractivity contribution is 0.0940. The van der Waals surface area contributed by atoms with Crippen molar-refractivity contribution in [2.24, 2.45) is 0 Å². The van der Waals surface area contributed by atoms with E-state index in [1.54, 1.807) is 35.6 Å². The fourth-order valence-electron chi connectivity index (χ4n) is 1.58. The van der Waals surface area contributed by atoms with E-state index in [9.17, 15) is 4.79 Å². The molecular formula is C14H12N2OS. The molecule has 1 N–H and O–H groups in total. The van der Waals surface area contributed by atoms with Crippen molar-refractivity contribution >= 4 is 17.2 Å². The zero-order chi connectivity index (χ0) is 13.0. The third-order valence-electron chi connectivity index (χ3n) is 2.67. The van der Waals surface area contributed by atoms with E-state index in [1.165, 1.54) is 0 Å². The summed E-state index contributed by atoms with van der Waals surface area (Å²) in [6.07, 6.45) is 0. The summed E-state index contributed by atoms with van der Waals surface area (Å²) < 4.78 is 0. The molecule has 0 saturated carbocycles. The van der Waals surface area contributed by atoms with Crippen LogP contribution < -0.4 is 5.32 Å². The fraction of sp³-hybridized carbons (Fsp3) is 0.143. The second-order valence-corrected chi connectivity index (χ2v) is 4.72. The summed E-state index contributed by atoms with van der Waals surface area (Å²) in [6, 6.07) is 10.6. The summed E-state index contributed by atoms with van der Waals surface area (Å²) in [6.45, 7) is 1.95. The fourth-order valence-corrected chi connectivity index (χ4v) is 2.33. The van der Waals surface area contributed by atoms with Crippen molar-refractivity contribution in [3.05, 3.63) is 57.8 Å². The van der Waals surface area contributed by atoms with Gasteiger partial charge in [0, 0.05) is 5.56 Å². The number of carbonyl (C=O) groups excluding carboxylic acids is 1. The first kappa shape index (κ1) is 12.3. The molecule has 0 radical (unpaired) electrons. The second-order valence-electron chi connectivity index (χ2n) is 3.94. The van der Waals surface area contributed by atoms with Crippen molar-refractivity contribution in [2.45, 2.75) is 13.0 Å². The second kappa shape index (κ2) is 5.48. The monoisotopic (exact) mass is 256 g/mol. The average Bonchev–Trinajstić information content (AvgIpc) is 2.92. The number of hydrogen-bond acceptors (Lipinski definition) is 3. The molecule has 1 aromatic heterocycles. The van der Waals surface area contributed by atoms with E-state index >= 15 is 0 Å². The zero-order valence-electron chi connectivity index (χ0n) is 9.88. The number of nitrogens with zero attached hydrogens (tertiary/aromatic N) is 1. The van der Waals surface area contributed by atoms with Crippen LogP contribution in [0.5, 0.6) is 0 Å². The third kappa shape index (κ3) is 2.76. The Morgan fingerprint density at radius 1 is 1.33 bits per heavy atom. The van der Waals surface area contributed by atoms with Crippen LogP contribution in [0.1, 0.15) is 34.5 Å². The van der Waals surface area contributed by atoms with Crippen molar-refractivity contribution in [1.29, 1.82) is 5.26 Å². The van der Waals surface area contributed by atoms with Crippen LogP contribution in [-0.4, -0.2) is 5.91 Å². The van der Waals surface area contributed by atoms with Gasteiger partial charge in [0.05, 0.1) is 17.7 Å². The Hall–Kier alpha value is -2.12. The van der Waals surface area contributed by atoms with Gasteiger partial charge >= 0.3 is 0 Å². The quantitative estimate of drug-likeness (QED) is 0.917. The van der Waals surface area contributed by atoms with Crippen LogP contribution in [0.15, 0.2) is 41.1 Å². The molecule has 18 heavy (non-hydrogen) atoms. The molecule has 0 spiro atoms. The Bertz CT molecular complexity index is 567. The highest BCUT2D eigenvalue weighted by Gasteiger charge is 2.11. The van der Waals surface area contributed by atoms with Gasteiger partial charge in [-0.15, -0.1) is 0 Å². The molecule has 90 valence electrons. The predicted molar refractivity (Wildman–Crippen MR) is 71.4 cm³/mol. The van der Waals surface area contributed by atoms with E-state index in [2.05, 4.69) is 5.32 Å². The highest BCUT2D eigenvalue weighted by atomic mass is 32.1. The number of carbonyl (C=O) groups is 1. The van der Waals surface area contributed by atoms with Gasteiger partial charge in [-0.2, -0.15) is 16.6 Å². The Balaban J connectivity index is 2.05. The molecule has 0 aliphatic rings. The smallest absolute Gasteiger partial charge is 0.251 e. The summed E-state index contributed by atoms with van der Waals surface area (Å²) in [5, 5.41) is 15.6. The van der Waals surface area contributed by atoms with Gasteiger partial charge in [0.1, 0.15) is 0 Å². The molecule has 0 bridgehead atoms. The lowest BCUT2D eigenvalue weighted by Gasteiger charge is -2.12. The maximum atomic E-state index is 12.0. The van der Waals surface area contributed by atoms with Crippen LogP contribution in [0.25, 0.3) is 0 Å². The first-order valence-corrected chi connectivity index (χ1v) is 6.48. The molecule has 1 amide bonds. The molecule has 0 aliphatic carbocycles. The highest BCUT2D eigenvalue weighted by Crippen LogP contribution is 2.16. The lowest BCUT2D eigenvalue weighted by Crippen LogP contribution is -2.26. The topological polar surface area (TPSA) is 52.9 Å². The molecule has 2 aromatic rings. The molecular weight excluding hydrogens is 244 g/mol. The minimum Gasteiger partial charge on any atom is -0.345 e. The minimum atomic E-state index is -0.127. The van der Waals surface area contributed by atoms with Crippen molar-refractivity contribution in [2.75, 3.05) is 0 Å². The number of nitriles is 1. The molecule has 1 unspecified atom stereocenters. The van der Waals surface area contributed by atoms with Crippen LogP contribution in [0, 0.1) is 11.3 Å². The molecule has 0 fully saturated rings. The number of benzene rings is 1. The first-order valence-electron chi connectivity index (χ1n) is 5.54. The van der Waals surface area contributed by atoms with Gasteiger partial charge < -0.3 is 5.32 Å². The maximum absolute atomic E-state index is 12.0. The Kier molecular flexibility index (Phi) is 3.75. The zero-order valence-corrected chi connectivity index (χ0v) is 10.7. The van der Waals surface area contributed by atoms with Crippen molar-refractivity contribution in [3.63, 3.8) is 0 Å². The molecule has 0 aliphatic heterocycles. The predicted octanol–water partition coefficient (Wildman–Crippen LogP) is 3.11. The molecule has 3 nitrogen and oxygen atoms in total. The largest absolute Gasteiger partial charge is 0.345 e. The maximum Gasteiger partial charge on any atom is 0.251 e. The standard InChI is InChI=1S/C14H12N2OS/c1-10(13-6-7-18-9-13)16-14(17)12-4-2-11(8-15)3-5-12/h2-7,9-10H,1H3,(H,16,17). The number of nitrogens with one attached hydrogen (secondary N) is 1.